The van der Waals surface area contributed by atoms with Crippen molar-refractivity contribution in [3.05, 3.63) is 29.6 Å². The first-order valence-electron chi connectivity index (χ1n) is 5.81. The standard InChI is InChI=1S/C12H17N5S/c1-8(2)17-11(13)15-16-12(17)18-7-10-4-9(3)5-14-6-10/h4-6,8H,7H2,1-3H3,(H2,13,15). The number of nitrogen functional groups attached to an aromatic ring is 1. The van der Waals surface area contributed by atoms with Crippen molar-refractivity contribution < 1.29 is 0 Å². The summed E-state index contributed by atoms with van der Waals surface area (Å²) in [6.45, 7) is 6.17. The van der Waals surface area contributed by atoms with Gasteiger partial charge in [0.25, 0.3) is 0 Å². The van der Waals surface area contributed by atoms with Gasteiger partial charge in [-0.15, -0.1) is 10.2 Å². The van der Waals surface area contributed by atoms with Gasteiger partial charge in [-0.25, -0.2) is 0 Å². The van der Waals surface area contributed by atoms with E-state index in [2.05, 4.69) is 35.1 Å². The van der Waals surface area contributed by atoms with Crippen LogP contribution in [-0.2, 0) is 5.75 Å². The number of hydrogen-bond donors (Lipinski definition) is 1. The molecule has 0 aliphatic carbocycles. The van der Waals surface area contributed by atoms with Crippen molar-refractivity contribution in [3.63, 3.8) is 0 Å². The molecule has 0 saturated heterocycles. The molecule has 0 radical (unpaired) electrons. The molecule has 2 heterocycles. The van der Waals surface area contributed by atoms with Gasteiger partial charge in [0.05, 0.1) is 0 Å². The van der Waals surface area contributed by atoms with Gasteiger partial charge >= 0.3 is 0 Å². The molecular formula is C12H17N5S. The van der Waals surface area contributed by atoms with Crippen molar-refractivity contribution in [1.82, 2.24) is 19.7 Å². The molecule has 0 amide bonds. The smallest absolute Gasteiger partial charge is 0.222 e. The van der Waals surface area contributed by atoms with Crippen LogP contribution in [0.2, 0.25) is 0 Å². The number of pyridine rings is 1. The lowest BCUT2D eigenvalue weighted by Crippen LogP contribution is -2.07. The summed E-state index contributed by atoms with van der Waals surface area (Å²) in [5.74, 6) is 1.29. The number of aryl methyl sites for hydroxylation is 1. The molecule has 0 unspecified atom stereocenters. The summed E-state index contributed by atoms with van der Waals surface area (Å²) in [5.41, 5.74) is 8.14. The molecule has 2 N–H and O–H groups in total. The molecule has 0 aliphatic heterocycles. The lowest BCUT2D eigenvalue weighted by Gasteiger charge is -2.11. The van der Waals surface area contributed by atoms with Crippen LogP contribution in [-0.4, -0.2) is 19.7 Å². The highest BCUT2D eigenvalue weighted by atomic mass is 32.2. The monoisotopic (exact) mass is 263 g/mol. The molecule has 18 heavy (non-hydrogen) atoms. The Bertz CT molecular complexity index is 535. The highest BCUT2D eigenvalue weighted by molar-refractivity contribution is 7.98. The Morgan fingerprint density at radius 1 is 1.33 bits per heavy atom. The molecule has 0 aliphatic rings. The zero-order valence-corrected chi connectivity index (χ0v) is 11.6. The topological polar surface area (TPSA) is 69.6 Å². The molecular weight excluding hydrogens is 246 g/mol. The number of anilines is 1. The number of thioether (sulfide) groups is 1. The summed E-state index contributed by atoms with van der Waals surface area (Å²) in [5, 5.41) is 8.88. The van der Waals surface area contributed by atoms with Crippen LogP contribution in [0, 0.1) is 6.92 Å². The van der Waals surface area contributed by atoms with Gasteiger partial charge in [0, 0.05) is 24.2 Å². The summed E-state index contributed by atoms with van der Waals surface area (Å²) < 4.78 is 1.94. The Morgan fingerprint density at radius 3 is 2.78 bits per heavy atom. The number of nitrogens with zero attached hydrogens (tertiary/aromatic N) is 4. The molecule has 5 nitrogen and oxygen atoms in total. The van der Waals surface area contributed by atoms with Crippen LogP contribution in [0.5, 0.6) is 0 Å². The number of nitrogens with two attached hydrogens (primary N) is 1. The van der Waals surface area contributed by atoms with E-state index in [9.17, 15) is 0 Å². The lowest BCUT2D eigenvalue weighted by molar-refractivity contribution is 0.557. The summed E-state index contributed by atoms with van der Waals surface area (Å²) in [6, 6.07) is 2.39. The first kappa shape index (κ1) is 12.9. The first-order valence-corrected chi connectivity index (χ1v) is 6.80. The van der Waals surface area contributed by atoms with Crippen LogP contribution in [0.3, 0.4) is 0 Å². The van der Waals surface area contributed by atoms with Crippen molar-refractivity contribution in [3.8, 4) is 0 Å². The third-order valence-corrected chi connectivity index (χ3v) is 3.52. The third kappa shape index (κ3) is 2.81. The average molecular weight is 263 g/mol. The van der Waals surface area contributed by atoms with Crippen molar-refractivity contribution in [2.45, 2.75) is 37.7 Å². The second-order valence-corrected chi connectivity index (χ2v) is 5.41. The van der Waals surface area contributed by atoms with Crippen molar-refractivity contribution in [2.75, 3.05) is 5.73 Å². The molecule has 96 valence electrons. The summed E-state index contributed by atoms with van der Waals surface area (Å²) in [4.78, 5) is 4.18. The van der Waals surface area contributed by atoms with Crippen LogP contribution < -0.4 is 5.73 Å². The van der Waals surface area contributed by atoms with Gasteiger partial charge in [0.2, 0.25) is 5.95 Å². The lowest BCUT2D eigenvalue weighted by atomic mass is 10.2. The van der Waals surface area contributed by atoms with Gasteiger partial charge in [0.15, 0.2) is 5.16 Å². The molecule has 2 rings (SSSR count). The maximum Gasteiger partial charge on any atom is 0.222 e. The van der Waals surface area contributed by atoms with Gasteiger partial charge in [-0.3, -0.25) is 9.55 Å². The molecule has 0 aromatic carbocycles. The van der Waals surface area contributed by atoms with Crippen LogP contribution in [0.25, 0.3) is 0 Å². The van der Waals surface area contributed by atoms with Gasteiger partial charge in [-0.1, -0.05) is 17.8 Å². The van der Waals surface area contributed by atoms with E-state index in [1.807, 2.05) is 23.9 Å². The average Bonchev–Trinajstić information content (AvgIpc) is 2.68. The number of aromatic nitrogens is 4. The second kappa shape index (κ2) is 5.39. The van der Waals surface area contributed by atoms with E-state index >= 15 is 0 Å². The SMILES string of the molecule is Cc1cncc(CSc2nnc(N)n2C(C)C)c1. The fourth-order valence-electron chi connectivity index (χ4n) is 1.72. The van der Waals surface area contributed by atoms with Gasteiger partial charge in [0.1, 0.15) is 0 Å². The normalized spacial score (nSPS) is 11.1. The van der Waals surface area contributed by atoms with E-state index in [0.717, 1.165) is 16.5 Å². The van der Waals surface area contributed by atoms with Gasteiger partial charge < -0.3 is 5.73 Å². The minimum Gasteiger partial charge on any atom is -0.368 e. The second-order valence-electron chi connectivity index (χ2n) is 4.46. The Hall–Kier alpha value is -1.56. The van der Waals surface area contributed by atoms with E-state index in [4.69, 9.17) is 5.73 Å². The van der Waals surface area contributed by atoms with E-state index in [1.165, 1.54) is 5.56 Å². The maximum absolute atomic E-state index is 5.80. The molecule has 6 heteroatoms. The van der Waals surface area contributed by atoms with Crippen LogP contribution in [0.15, 0.2) is 23.6 Å². The minimum absolute atomic E-state index is 0.262. The minimum atomic E-state index is 0.262. The molecule has 0 saturated carbocycles. The highest BCUT2D eigenvalue weighted by Crippen LogP contribution is 2.25. The summed E-state index contributed by atoms with van der Waals surface area (Å²) in [6.07, 6.45) is 3.72. The zero-order valence-electron chi connectivity index (χ0n) is 10.8. The fraction of sp³-hybridized carbons (Fsp3) is 0.417. The van der Waals surface area contributed by atoms with Crippen molar-refractivity contribution in [2.24, 2.45) is 0 Å². The zero-order chi connectivity index (χ0) is 13.1. The van der Waals surface area contributed by atoms with E-state index < -0.39 is 0 Å². The predicted octanol–water partition coefficient (Wildman–Crippen LogP) is 2.44. The molecule has 0 spiro atoms. The third-order valence-electron chi connectivity index (χ3n) is 2.51. The quantitative estimate of drug-likeness (QED) is 0.858. The molecule has 0 fully saturated rings. The molecule has 2 aromatic rings. The van der Waals surface area contributed by atoms with E-state index in [-0.39, 0.29) is 6.04 Å². The van der Waals surface area contributed by atoms with Gasteiger partial charge in [-0.05, 0) is 31.9 Å². The highest BCUT2D eigenvalue weighted by Gasteiger charge is 2.12. The van der Waals surface area contributed by atoms with Crippen LogP contribution in [0.1, 0.15) is 31.0 Å². The van der Waals surface area contributed by atoms with Crippen LogP contribution >= 0.6 is 11.8 Å². The maximum atomic E-state index is 5.80. The van der Waals surface area contributed by atoms with Gasteiger partial charge in [-0.2, -0.15) is 0 Å². The van der Waals surface area contributed by atoms with E-state index in [1.54, 1.807) is 11.8 Å². The van der Waals surface area contributed by atoms with Crippen molar-refractivity contribution >= 4 is 17.7 Å². The summed E-state index contributed by atoms with van der Waals surface area (Å²) >= 11 is 1.63. The number of rotatable bonds is 4. The van der Waals surface area contributed by atoms with E-state index in [0.29, 0.717) is 5.95 Å². The Labute approximate surface area is 111 Å². The molecule has 0 bridgehead atoms. The molecule has 0 atom stereocenters. The summed E-state index contributed by atoms with van der Waals surface area (Å²) in [7, 11) is 0. The van der Waals surface area contributed by atoms with Crippen LogP contribution in [0.4, 0.5) is 5.95 Å². The Morgan fingerprint density at radius 2 is 2.11 bits per heavy atom. The number of hydrogen-bond acceptors (Lipinski definition) is 5. The first-order chi connectivity index (χ1) is 8.58. The predicted molar refractivity (Wildman–Crippen MR) is 73.4 cm³/mol. The fourth-order valence-corrected chi connectivity index (χ4v) is 2.71. The Balaban J connectivity index is 2.11. The molecule has 2 aromatic heterocycles. The largest absolute Gasteiger partial charge is 0.368 e. The Kier molecular flexibility index (Phi) is 3.86. The van der Waals surface area contributed by atoms with Crippen molar-refractivity contribution in [1.29, 1.82) is 0 Å².